The second kappa shape index (κ2) is 6.06. The molecule has 1 aliphatic rings. The van der Waals surface area contributed by atoms with Crippen LogP contribution in [0.5, 0.6) is 0 Å². The molecule has 4 rings (SSSR count). The van der Waals surface area contributed by atoms with E-state index in [0.29, 0.717) is 5.02 Å². The highest BCUT2D eigenvalue weighted by molar-refractivity contribution is 6.31. The first-order valence-corrected chi connectivity index (χ1v) is 8.76. The number of fused-ring (bicyclic) bond motifs is 2. The fourth-order valence-electron chi connectivity index (χ4n) is 3.82. The first kappa shape index (κ1) is 15.4. The van der Waals surface area contributed by atoms with Crippen LogP contribution in [0.15, 0.2) is 42.5 Å². The smallest absolute Gasteiger partial charge is 0.166 e. The van der Waals surface area contributed by atoms with Gasteiger partial charge in [-0.25, -0.2) is 0 Å². The van der Waals surface area contributed by atoms with Crippen LogP contribution in [-0.2, 0) is 12.8 Å². The van der Waals surface area contributed by atoms with Crippen molar-refractivity contribution in [1.82, 2.24) is 10.2 Å². The van der Waals surface area contributed by atoms with Crippen LogP contribution < -0.4 is 0 Å². The van der Waals surface area contributed by atoms with Crippen LogP contribution >= 0.6 is 11.6 Å². The number of aryl methyl sites for hydroxylation is 1. The van der Waals surface area contributed by atoms with Crippen LogP contribution in [0.1, 0.15) is 35.0 Å². The van der Waals surface area contributed by atoms with Gasteiger partial charge in [0, 0.05) is 27.6 Å². The first-order valence-electron chi connectivity index (χ1n) is 8.38. The van der Waals surface area contributed by atoms with Gasteiger partial charge in [-0.3, -0.25) is 9.89 Å². The summed E-state index contributed by atoms with van der Waals surface area (Å²) in [6.07, 6.45) is 2.70. The van der Waals surface area contributed by atoms with Gasteiger partial charge >= 0.3 is 0 Å². The maximum atomic E-state index is 12.9. The van der Waals surface area contributed by atoms with Crippen molar-refractivity contribution in [3.63, 3.8) is 0 Å². The molecule has 2 atom stereocenters. The third-order valence-electron chi connectivity index (χ3n) is 5.15. The number of hydrogen-bond donors (Lipinski definition) is 1. The molecule has 0 radical (unpaired) electrons. The fraction of sp³-hybridized carbons (Fsp3) is 0.300. The molecule has 1 aromatic heterocycles. The number of carbonyl (C=O) groups is 1. The molecule has 3 nitrogen and oxygen atoms in total. The zero-order valence-electron chi connectivity index (χ0n) is 13.6. The Morgan fingerprint density at radius 1 is 1.29 bits per heavy atom. The maximum Gasteiger partial charge on any atom is 0.166 e. The Morgan fingerprint density at radius 3 is 3.00 bits per heavy atom. The number of aromatic amines is 1. The molecule has 1 N–H and O–H groups in total. The fourth-order valence-corrected chi connectivity index (χ4v) is 3.99. The van der Waals surface area contributed by atoms with Crippen LogP contribution in [0.3, 0.4) is 0 Å². The van der Waals surface area contributed by atoms with E-state index in [0.717, 1.165) is 41.4 Å². The van der Waals surface area contributed by atoms with E-state index >= 15 is 0 Å². The summed E-state index contributed by atoms with van der Waals surface area (Å²) in [6, 6.07) is 13.7. The zero-order chi connectivity index (χ0) is 16.7. The minimum Gasteiger partial charge on any atom is -0.294 e. The van der Waals surface area contributed by atoms with Crippen molar-refractivity contribution in [1.29, 1.82) is 0 Å². The molecule has 0 saturated heterocycles. The molecular formula is C20H19ClN2O. The van der Waals surface area contributed by atoms with Crippen molar-refractivity contribution in [2.24, 2.45) is 11.8 Å². The van der Waals surface area contributed by atoms with Gasteiger partial charge in [0.25, 0.3) is 0 Å². The SMILES string of the molecule is CC(Cc1[nH]nc2ccc(Cl)cc12)C1CCc2ccccc2C1=O. The van der Waals surface area contributed by atoms with Gasteiger partial charge in [0.05, 0.1) is 5.52 Å². The standard InChI is InChI=1S/C20H19ClN2O/c1-12(10-19-17-11-14(21)7-9-18(17)22-23-19)15-8-6-13-4-2-3-5-16(13)20(15)24/h2-5,7,9,11-12,15H,6,8,10H2,1H3,(H,22,23). The summed E-state index contributed by atoms with van der Waals surface area (Å²) in [6.45, 7) is 2.16. The van der Waals surface area contributed by atoms with E-state index in [-0.39, 0.29) is 17.6 Å². The van der Waals surface area contributed by atoms with Gasteiger partial charge in [0.2, 0.25) is 0 Å². The molecule has 4 heteroatoms. The lowest BCUT2D eigenvalue weighted by atomic mass is 9.75. The largest absolute Gasteiger partial charge is 0.294 e. The number of carbonyl (C=O) groups excluding carboxylic acids is 1. The molecule has 1 aliphatic carbocycles. The lowest BCUT2D eigenvalue weighted by molar-refractivity contribution is 0.0856. The van der Waals surface area contributed by atoms with E-state index in [1.807, 2.05) is 36.4 Å². The molecular weight excluding hydrogens is 320 g/mol. The van der Waals surface area contributed by atoms with E-state index in [2.05, 4.69) is 23.2 Å². The number of nitrogens with one attached hydrogen (secondary N) is 1. The molecule has 24 heavy (non-hydrogen) atoms. The maximum absolute atomic E-state index is 12.9. The van der Waals surface area contributed by atoms with Crippen molar-refractivity contribution in [3.05, 3.63) is 64.3 Å². The molecule has 2 aromatic carbocycles. The van der Waals surface area contributed by atoms with Crippen molar-refractivity contribution in [2.45, 2.75) is 26.2 Å². The average Bonchev–Trinajstić information content (AvgIpc) is 2.97. The number of benzene rings is 2. The number of Topliss-reactive ketones (excluding diaryl/α,β-unsaturated/α-hetero) is 1. The second-order valence-electron chi connectivity index (χ2n) is 6.71. The number of ketones is 1. The lowest BCUT2D eigenvalue weighted by Crippen LogP contribution is -2.29. The molecule has 0 spiro atoms. The third-order valence-corrected chi connectivity index (χ3v) is 5.39. The van der Waals surface area contributed by atoms with Crippen LogP contribution in [0.2, 0.25) is 5.02 Å². The van der Waals surface area contributed by atoms with Crippen molar-refractivity contribution in [3.8, 4) is 0 Å². The number of halogens is 1. The summed E-state index contributed by atoms with van der Waals surface area (Å²) in [7, 11) is 0. The minimum atomic E-state index is 0.0671. The summed E-state index contributed by atoms with van der Waals surface area (Å²) >= 11 is 6.12. The lowest BCUT2D eigenvalue weighted by Gasteiger charge is -2.28. The molecule has 0 fully saturated rings. The monoisotopic (exact) mass is 338 g/mol. The van der Waals surface area contributed by atoms with Gasteiger partial charge < -0.3 is 0 Å². The van der Waals surface area contributed by atoms with Crippen molar-refractivity contribution in [2.75, 3.05) is 0 Å². The quantitative estimate of drug-likeness (QED) is 0.742. The molecule has 0 aliphatic heterocycles. The highest BCUT2D eigenvalue weighted by Gasteiger charge is 2.31. The molecule has 3 aromatic rings. The minimum absolute atomic E-state index is 0.0671. The predicted octanol–water partition coefficient (Wildman–Crippen LogP) is 4.84. The highest BCUT2D eigenvalue weighted by Crippen LogP contribution is 2.33. The summed E-state index contributed by atoms with van der Waals surface area (Å²) in [5, 5.41) is 9.23. The molecule has 0 bridgehead atoms. The Bertz CT molecular complexity index is 915. The van der Waals surface area contributed by atoms with Crippen LogP contribution in [0.25, 0.3) is 10.9 Å². The average molecular weight is 339 g/mol. The Labute approximate surface area is 146 Å². The van der Waals surface area contributed by atoms with Crippen molar-refractivity contribution < 1.29 is 4.79 Å². The summed E-state index contributed by atoms with van der Waals surface area (Å²) in [5.74, 6) is 0.608. The van der Waals surface area contributed by atoms with Crippen LogP contribution in [0.4, 0.5) is 0 Å². The summed E-state index contributed by atoms with van der Waals surface area (Å²) < 4.78 is 0. The number of H-pyrrole nitrogens is 1. The Kier molecular flexibility index (Phi) is 3.89. The van der Waals surface area contributed by atoms with Gasteiger partial charge in [-0.05, 0) is 48.9 Å². The summed E-state index contributed by atoms with van der Waals surface area (Å²) in [4.78, 5) is 12.9. The molecule has 122 valence electrons. The van der Waals surface area contributed by atoms with E-state index in [9.17, 15) is 4.79 Å². The van der Waals surface area contributed by atoms with E-state index in [1.165, 1.54) is 5.56 Å². The van der Waals surface area contributed by atoms with Gasteiger partial charge in [0.1, 0.15) is 0 Å². The van der Waals surface area contributed by atoms with Gasteiger partial charge in [-0.1, -0.05) is 42.8 Å². The van der Waals surface area contributed by atoms with E-state index in [4.69, 9.17) is 11.6 Å². The normalized spacial score (nSPS) is 18.6. The van der Waals surface area contributed by atoms with E-state index < -0.39 is 0 Å². The second-order valence-corrected chi connectivity index (χ2v) is 7.15. The topological polar surface area (TPSA) is 45.8 Å². The van der Waals surface area contributed by atoms with Gasteiger partial charge in [-0.2, -0.15) is 5.10 Å². The molecule has 0 amide bonds. The predicted molar refractivity (Wildman–Crippen MR) is 96.6 cm³/mol. The summed E-state index contributed by atoms with van der Waals surface area (Å²) in [5.41, 5.74) is 4.07. The van der Waals surface area contributed by atoms with Crippen LogP contribution in [0, 0.1) is 11.8 Å². The van der Waals surface area contributed by atoms with Crippen molar-refractivity contribution >= 4 is 28.3 Å². The number of hydrogen-bond acceptors (Lipinski definition) is 2. The number of rotatable bonds is 3. The van der Waals surface area contributed by atoms with E-state index in [1.54, 1.807) is 0 Å². The first-order chi connectivity index (χ1) is 11.6. The third kappa shape index (κ3) is 2.63. The molecule has 1 heterocycles. The number of aromatic nitrogens is 2. The Morgan fingerprint density at radius 2 is 2.12 bits per heavy atom. The highest BCUT2D eigenvalue weighted by atomic mass is 35.5. The molecule has 0 saturated carbocycles. The Balaban J connectivity index is 1.59. The number of nitrogens with zero attached hydrogens (tertiary/aromatic N) is 1. The Hall–Kier alpha value is -2.13. The zero-order valence-corrected chi connectivity index (χ0v) is 14.3. The van der Waals surface area contributed by atoms with Gasteiger partial charge in [0.15, 0.2) is 5.78 Å². The molecule has 2 unspecified atom stereocenters. The van der Waals surface area contributed by atoms with Crippen LogP contribution in [-0.4, -0.2) is 16.0 Å². The van der Waals surface area contributed by atoms with Gasteiger partial charge in [-0.15, -0.1) is 0 Å².